The molecule has 0 heterocycles. The number of hydrogen-bond donors (Lipinski definition) is 0. The van der Waals surface area contributed by atoms with E-state index in [2.05, 4.69) is 0 Å². The van der Waals surface area contributed by atoms with Crippen LogP contribution in [0.2, 0.25) is 0 Å². The number of nitro benzene ring substituents is 1. The molecule has 2 aromatic carbocycles. The van der Waals surface area contributed by atoms with Crippen LogP contribution >= 0.6 is 0 Å². The lowest BCUT2D eigenvalue weighted by Crippen LogP contribution is -2.11. The minimum absolute atomic E-state index is 0.0613. The van der Waals surface area contributed by atoms with Crippen molar-refractivity contribution in [1.82, 2.24) is 0 Å². The van der Waals surface area contributed by atoms with Crippen LogP contribution < -0.4 is 4.74 Å². The maximum Gasteiger partial charge on any atom is 0.269 e. The molecule has 0 bridgehead atoms. The van der Waals surface area contributed by atoms with E-state index in [-0.39, 0.29) is 23.6 Å². The molecule has 6 heteroatoms. The van der Waals surface area contributed by atoms with E-state index in [4.69, 9.17) is 4.74 Å². The van der Waals surface area contributed by atoms with Crippen molar-refractivity contribution in [1.29, 1.82) is 0 Å². The molecule has 0 N–H and O–H groups in total. The van der Waals surface area contributed by atoms with E-state index in [0.717, 1.165) is 6.07 Å². The van der Waals surface area contributed by atoms with Gasteiger partial charge in [0.15, 0.2) is 12.4 Å². The van der Waals surface area contributed by atoms with Gasteiger partial charge >= 0.3 is 0 Å². The Morgan fingerprint density at radius 1 is 1.20 bits per heavy atom. The highest BCUT2D eigenvalue weighted by Crippen LogP contribution is 2.17. The number of Topliss-reactive ketones (excluding diaryl/α,β-unsaturated/α-hetero) is 1. The Labute approximate surface area is 113 Å². The van der Waals surface area contributed by atoms with Crippen molar-refractivity contribution < 1.29 is 18.8 Å². The first kappa shape index (κ1) is 13.7. The third-order valence-corrected chi connectivity index (χ3v) is 2.56. The molecule has 0 radical (unpaired) electrons. The SMILES string of the molecule is O=C(COc1ccc([N+](=O)[O-])cc1)c1cccc(F)c1. The monoisotopic (exact) mass is 275 g/mol. The summed E-state index contributed by atoms with van der Waals surface area (Å²) in [6.07, 6.45) is 0. The second-order valence-electron chi connectivity index (χ2n) is 3.97. The highest BCUT2D eigenvalue weighted by atomic mass is 19.1. The van der Waals surface area contributed by atoms with Crippen molar-refractivity contribution in [3.63, 3.8) is 0 Å². The van der Waals surface area contributed by atoms with E-state index < -0.39 is 10.7 Å². The number of rotatable bonds is 5. The number of ether oxygens (including phenoxy) is 1. The number of hydrogen-bond acceptors (Lipinski definition) is 4. The molecule has 5 nitrogen and oxygen atoms in total. The molecule has 0 fully saturated rings. The standard InChI is InChI=1S/C14H10FNO4/c15-11-3-1-2-10(8-11)14(17)9-20-13-6-4-12(5-7-13)16(18)19/h1-8H,9H2. The molecule has 2 rings (SSSR count). The van der Waals surface area contributed by atoms with Gasteiger partial charge in [0.05, 0.1) is 4.92 Å². The number of nitrogens with zero attached hydrogens (tertiary/aromatic N) is 1. The normalized spacial score (nSPS) is 10.1. The fourth-order valence-corrected chi connectivity index (χ4v) is 1.56. The zero-order valence-corrected chi connectivity index (χ0v) is 10.3. The molecule has 0 spiro atoms. The molecule has 0 aliphatic carbocycles. The van der Waals surface area contributed by atoms with Crippen molar-refractivity contribution in [2.24, 2.45) is 0 Å². The molecule has 0 aromatic heterocycles. The quantitative estimate of drug-likeness (QED) is 0.478. The number of benzene rings is 2. The summed E-state index contributed by atoms with van der Waals surface area (Å²) in [5.74, 6) is -0.533. The van der Waals surface area contributed by atoms with Crippen LogP contribution in [0.25, 0.3) is 0 Å². The van der Waals surface area contributed by atoms with Crippen molar-refractivity contribution >= 4 is 11.5 Å². The van der Waals surface area contributed by atoms with Gasteiger partial charge in [-0.1, -0.05) is 12.1 Å². The Hall–Kier alpha value is -2.76. The van der Waals surface area contributed by atoms with Gasteiger partial charge < -0.3 is 4.74 Å². The lowest BCUT2D eigenvalue weighted by Gasteiger charge is -2.05. The zero-order valence-electron chi connectivity index (χ0n) is 10.3. The highest BCUT2D eigenvalue weighted by molar-refractivity contribution is 5.97. The lowest BCUT2D eigenvalue weighted by molar-refractivity contribution is -0.384. The molecular formula is C14H10FNO4. The zero-order chi connectivity index (χ0) is 14.5. The molecule has 0 saturated heterocycles. The van der Waals surface area contributed by atoms with E-state index in [1.807, 2.05) is 0 Å². The minimum atomic E-state index is -0.526. The summed E-state index contributed by atoms with van der Waals surface area (Å²) >= 11 is 0. The van der Waals surface area contributed by atoms with E-state index in [0.29, 0.717) is 5.75 Å². The van der Waals surface area contributed by atoms with Crippen molar-refractivity contribution in [3.8, 4) is 5.75 Å². The van der Waals surface area contributed by atoms with Crippen LogP contribution in [0.4, 0.5) is 10.1 Å². The van der Waals surface area contributed by atoms with Crippen LogP contribution in [0.1, 0.15) is 10.4 Å². The summed E-state index contributed by atoms with van der Waals surface area (Å²) < 4.78 is 18.2. The van der Waals surface area contributed by atoms with Crippen LogP contribution in [0.15, 0.2) is 48.5 Å². The largest absolute Gasteiger partial charge is 0.485 e. The number of ketones is 1. The molecular weight excluding hydrogens is 265 g/mol. The molecule has 0 amide bonds. The Balaban J connectivity index is 1.98. The maximum atomic E-state index is 13.0. The predicted octanol–water partition coefficient (Wildman–Crippen LogP) is 3.00. The molecule has 20 heavy (non-hydrogen) atoms. The van der Waals surface area contributed by atoms with Gasteiger partial charge in [-0.2, -0.15) is 0 Å². The van der Waals surface area contributed by atoms with Crippen LogP contribution in [-0.2, 0) is 0 Å². The molecule has 0 aliphatic heterocycles. The molecule has 0 atom stereocenters. The van der Waals surface area contributed by atoms with Gasteiger partial charge in [-0.15, -0.1) is 0 Å². The Bertz CT molecular complexity index is 640. The molecule has 0 unspecified atom stereocenters. The third-order valence-electron chi connectivity index (χ3n) is 2.56. The van der Waals surface area contributed by atoms with Gasteiger partial charge in [0.1, 0.15) is 11.6 Å². The first-order valence-electron chi connectivity index (χ1n) is 5.72. The van der Waals surface area contributed by atoms with Crippen molar-refractivity contribution in [2.45, 2.75) is 0 Å². The van der Waals surface area contributed by atoms with E-state index in [1.165, 1.54) is 42.5 Å². The number of non-ortho nitro benzene ring substituents is 1. The number of carbonyl (C=O) groups is 1. The third kappa shape index (κ3) is 3.38. The van der Waals surface area contributed by atoms with Crippen molar-refractivity contribution in [2.75, 3.05) is 6.61 Å². The van der Waals surface area contributed by atoms with E-state index in [1.54, 1.807) is 0 Å². The Kier molecular flexibility index (Phi) is 4.05. The Morgan fingerprint density at radius 3 is 2.50 bits per heavy atom. The smallest absolute Gasteiger partial charge is 0.269 e. The number of halogens is 1. The fraction of sp³-hybridized carbons (Fsp3) is 0.0714. The van der Waals surface area contributed by atoms with Crippen LogP contribution in [0.5, 0.6) is 5.75 Å². The van der Waals surface area contributed by atoms with Gasteiger partial charge in [-0.25, -0.2) is 4.39 Å². The van der Waals surface area contributed by atoms with Crippen LogP contribution in [0, 0.1) is 15.9 Å². The first-order valence-corrected chi connectivity index (χ1v) is 5.72. The van der Waals surface area contributed by atoms with Crippen LogP contribution in [-0.4, -0.2) is 17.3 Å². The molecule has 2 aromatic rings. The summed E-state index contributed by atoms with van der Waals surface area (Å²) in [6, 6.07) is 10.7. The van der Waals surface area contributed by atoms with Gasteiger partial charge in [-0.05, 0) is 24.3 Å². The molecule has 102 valence electrons. The summed E-state index contributed by atoms with van der Waals surface area (Å²) in [5, 5.41) is 10.5. The van der Waals surface area contributed by atoms with Crippen LogP contribution in [0.3, 0.4) is 0 Å². The molecule has 0 saturated carbocycles. The summed E-state index contributed by atoms with van der Waals surface area (Å²) in [5.41, 5.74) is 0.153. The number of carbonyl (C=O) groups excluding carboxylic acids is 1. The first-order chi connectivity index (χ1) is 9.56. The summed E-state index contributed by atoms with van der Waals surface area (Å²) in [4.78, 5) is 21.7. The van der Waals surface area contributed by atoms with Gasteiger partial charge in [-0.3, -0.25) is 14.9 Å². The average Bonchev–Trinajstić information content (AvgIpc) is 2.45. The average molecular weight is 275 g/mol. The predicted molar refractivity (Wildman–Crippen MR) is 69.3 cm³/mol. The van der Waals surface area contributed by atoms with Crippen molar-refractivity contribution in [3.05, 3.63) is 70.0 Å². The van der Waals surface area contributed by atoms with Gasteiger partial charge in [0, 0.05) is 17.7 Å². The second-order valence-corrected chi connectivity index (χ2v) is 3.97. The highest BCUT2D eigenvalue weighted by Gasteiger charge is 2.09. The van der Waals surface area contributed by atoms with E-state index in [9.17, 15) is 19.3 Å². The summed E-state index contributed by atoms with van der Waals surface area (Å²) in [7, 11) is 0. The van der Waals surface area contributed by atoms with Gasteiger partial charge in [0.2, 0.25) is 0 Å². The van der Waals surface area contributed by atoms with E-state index >= 15 is 0 Å². The number of nitro groups is 1. The fourth-order valence-electron chi connectivity index (χ4n) is 1.56. The Morgan fingerprint density at radius 2 is 1.90 bits per heavy atom. The topological polar surface area (TPSA) is 69.4 Å². The summed E-state index contributed by atoms with van der Waals surface area (Å²) in [6.45, 7) is -0.263. The maximum absolute atomic E-state index is 13.0. The lowest BCUT2D eigenvalue weighted by atomic mass is 10.1. The minimum Gasteiger partial charge on any atom is -0.485 e. The molecule has 0 aliphatic rings. The second kappa shape index (κ2) is 5.92. The van der Waals surface area contributed by atoms with Gasteiger partial charge in [0.25, 0.3) is 5.69 Å².